The van der Waals surface area contributed by atoms with Gasteiger partial charge in [0.25, 0.3) is 5.91 Å². The lowest BCUT2D eigenvalue weighted by atomic mass is 9.46. The Bertz CT molecular complexity index is 1080. The highest BCUT2D eigenvalue weighted by molar-refractivity contribution is 5.96. The topological polar surface area (TPSA) is 134 Å². The van der Waals surface area contributed by atoms with E-state index < -0.39 is 29.9 Å². The largest absolute Gasteiger partial charge is 0.480 e. The second-order valence-corrected chi connectivity index (χ2v) is 13.1. The smallest absolute Gasteiger partial charge is 0.326 e. The number of hydrogen-bond donors (Lipinski definition) is 3. The summed E-state index contributed by atoms with van der Waals surface area (Å²) in [5.41, 5.74) is 2.57. The van der Waals surface area contributed by atoms with E-state index in [0.717, 1.165) is 44.2 Å². The molecule has 0 aliphatic heterocycles. The van der Waals surface area contributed by atoms with Crippen molar-refractivity contribution in [2.75, 3.05) is 6.61 Å². The van der Waals surface area contributed by atoms with Gasteiger partial charge in [-0.25, -0.2) is 4.79 Å². The van der Waals surface area contributed by atoms with Gasteiger partial charge >= 0.3 is 5.97 Å². The molecular formula is C31H47N3O6. The van der Waals surface area contributed by atoms with Gasteiger partial charge in [0.2, 0.25) is 5.91 Å². The Hall–Kier alpha value is -2.71. The van der Waals surface area contributed by atoms with E-state index in [0.29, 0.717) is 36.4 Å². The minimum Gasteiger partial charge on any atom is -0.480 e. The van der Waals surface area contributed by atoms with Crippen LogP contribution in [-0.4, -0.2) is 53.1 Å². The molecule has 0 saturated heterocycles. The number of carboxylic acids is 1. The third-order valence-electron chi connectivity index (χ3n) is 10.8. The van der Waals surface area contributed by atoms with Gasteiger partial charge in [-0.1, -0.05) is 37.9 Å². The fourth-order valence-electron chi connectivity index (χ4n) is 8.68. The standard InChI is InChI=1S/C31H47N3O6/c1-6-7-26(29(38)39)33-28(37)18(2)32-27(36)17-40-34-21-12-14-30(4)20(16-21)8-9-22-24-11-10-23(19(3)35)31(24,5)15-13-25(22)30/h16,18,22-26H,6-15,17H2,1-5H3,(H,32,36)(H,33,37)(H,38,39)/b34-21+/t18-,22+,23-,24-,25+,26-,30-,31+/m0/s1. The lowest BCUT2D eigenvalue weighted by Crippen LogP contribution is -2.51. The Morgan fingerprint density at radius 3 is 2.50 bits per heavy atom. The second-order valence-electron chi connectivity index (χ2n) is 13.1. The number of nitrogens with zero attached hydrogens (tertiary/aromatic N) is 1. The highest BCUT2D eigenvalue weighted by atomic mass is 16.6. The fourth-order valence-corrected chi connectivity index (χ4v) is 8.68. The fraction of sp³-hybridized carbons (Fsp3) is 0.774. The lowest BCUT2D eigenvalue weighted by Gasteiger charge is -2.58. The number of amides is 2. The third-order valence-corrected chi connectivity index (χ3v) is 10.8. The molecule has 0 aromatic heterocycles. The van der Waals surface area contributed by atoms with E-state index in [-0.39, 0.29) is 23.4 Å². The highest BCUT2D eigenvalue weighted by Crippen LogP contribution is 2.66. The maximum absolute atomic E-state index is 12.4. The molecule has 222 valence electrons. The van der Waals surface area contributed by atoms with Crippen molar-refractivity contribution in [2.45, 2.75) is 111 Å². The average molecular weight is 558 g/mol. The van der Waals surface area contributed by atoms with E-state index in [9.17, 15) is 24.3 Å². The molecule has 3 N–H and O–H groups in total. The molecule has 0 radical (unpaired) electrons. The van der Waals surface area contributed by atoms with E-state index >= 15 is 0 Å². The minimum atomic E-state index is -1.10. The van der Waals surface area contributed by atoms with Crippen LogP contribution >= 0.6 is 0 Å². The number of fused-ring (bicyclic) bond motifs is 5. The van der Waals surface area contributed by atoms with Crippen molar-refractivity contribution in [3.63, 3.8) is 0 Å². The van der Waals surface area contributed by atoms with Crippen molar-refractivity contribution in [3.8, 4) is 0 Å². The van der Waals surface area contributed by atoms with Crippen LogP contribution < -0.4 is 10.6 Å². The second kappa shape index (κ2) is 12.0. The maximum atomic E-state index is 12.4. The summed E-state index contributed by atoms with van der Waals surface area (Å²) in [5, 5.41) is 18.5. The number of oxime groups is 1. The highest BCUT2D eigenvalue weighted by Gasteiger charge is 2.59. The van der Waals surface area contributed by atoms with Crippen LogP contribution in [0.5, 0.6) is 0 Å². The molecule has 4 aliphatic carbocycles. The van der Waals surface area contributed by atoms with Crippen LogP contribution in [0.2, 0.25) is 0 Å². The van der Waals surface area contributed by atoms with Crippen LogP contribution in [0.15, 0.2) is 16.8 Å². The van der Waals surface area contributed by atoms with E-state index in [4.69, 9.17) is 4.84 Å². The monoisotopic (exact) mass is 557 g/mol. The lowest BCUT2D eigenvalue weighted by molar-refractivity contribution is -0.142. The van der Waals surface area contributed by atoms with Crippen LogP contribution in [-0.2, 0) is 24.0 Å². The molecule has 3 fully saturated rings. The summed E-state index contributed by atoms with van der Waals surface area (Å²) < 4.78 is 0. The molecule has 2 amide bonds. The van der Waals surface area contributed by atoms with Crippen molar-refractivity contribution >= 4 is 29.3 Å². The molecule has 0 aromatic carbocycles. The van der Waals surface area contributed by atoms with Crippen LogP contribution in [0.4, 0.5) is 0 Å². The average Bonchev–Trinajstić information content (AvgIpc) is 3.26. The molecule has 0 spiro atoms. The van der Waals surface area contributed by atoms with Gasteiger partial charge in [-0.3, -0.25) is 14.4 Å². The number of ketones is 1. The van der Waals surface area contributed by atoms with Gasteiger partial charge in [0, 0.05) is 5.92 Å². The Morgan fingerprint density at radius 2 is 1.82 bits per heavy atom. The van der Waals surface area contributed by atoms with E-state index in [1.807, 2.05) is 6.92 Å². The number of carbonyl (C=O) groups excluding carboxylic acids is 3. The van der Waals surface area contributed by atoms with Crippen LogP contribution in [0, 0.1) is 34.5 Å². The van der Waals surface area contributed by atoms with Gasteiger partial charge in [-0.05, 0) is 106 Å². The first-order chi connectivity index (χ1) is 18.9. The summed E-state index contributed by atoms with van der Waals surface area (Å²) in [6, 6.07) is -1.87. The summed E-state index contributed by atoms with van der Waals surface area (Å²) >= 11 is 0. The number of nitrogens with one attached hydrogen (secondary N) is 2. The summed E-state index contributed by atoms with van der Waals surface area (Å²) in [5.74, 6) is 0.407. The van der Waals surface area contributed by atoms with Crippen LogP contribution in [0.25, 0.3) is 0 Å². The van der Waals surface area contributed by atoms with Crippen molar-refractivity contribution in [2.24, 2.45) is 39.7 Å². The van der Waals surface area contributed by atoms with Gasteiger partial charge in [-0.2, -0.15) is 0 Å². The third kappa shape index (κ3) is 5.84. The first-order valence-electron chi connectivity index (χ1n) is 15.1. The summed E-state index contributed by atoms with van der Waals surface area (Å²) in [7, 11) is 0. The Labute approximate surface area is 237 Å². The Morgan fingerprint density at radius 1 is 1.07 bits per heavy atom. The number of carboxylic acid groups (broad SMARTS) is 1. The normalized spacial score (nSPS) is 35.3. The molecule has 40 heavy (non-hydrogen) atoms. The van der Waals surface area contributed by atoms with Gasteiger partial charge in [0.05, 0.1) is 5.71 Å². The van der Waals surface area contributed by atoms with E-state index in [1.165, 1.54) is 25.3 Å². The number of Topliss-reactive ketones (excluding diaryl/α,β-unsaturated/α-hetero) is 1. The summed E-state index contributed by atoms with van der Waals surface area (Å²) in [6.07, 6.45) is 11.6. The molecule has 8 atom stereocenters. The molecular weight excluding hydrogens is 510 g/mol. The minimum absolute atomic E-state index is 0.142. The quantitative estimate of drug-likeness (QED) is 0.341. The molecule has 0 unspecified atom stereocenters. The zero-order valence-electron chi connectivity index (χ0n) is 24.8. The van der Waals surface area contributed by atoms with Crippen LogP contribution in [0.1, 0.15) is 98.8 Å². The zero-order chi connectivity index (χ0) is 29.2. The van der Waals surface area contributed by atoms with Crippen molar-refractivity contribution in [1.82, 2.24) is 10.6 Å². The maximum Gasteiger partial charge on any atom is 0.326 e. The van der Waals surface area contributed by atoms with Gasteiger partial charge in [-0.15, -0.1) is 0 Å². The first-order valence-corrected chi connectivity index (χ1v) is 15.1. The molecule has 3 saturated carbocycles. The van der Waals surface area contributed by atoms with Crippen LogP contribution in [0.3, 0.4) is 0 Å². The molecule has 0 aromatic rings. The zero-order valence-corrected chi connectivity index (χ0v) is 24.8. The Kier molecular flexibility index (Phi) is 9.10. The molecule has 4 rings (SSSR count). The van der Waals surface area contributed by atoms with E-state index in [2.05, 4.69) is 35.7 Å². The Balaban J connectivity index is 1.31. The predicted octanol–water partition coefficient (Wildman–Crippen LogP) is 4.40. The van der Waals surface area contributed by atoms with Gasteiger partial charge in [0.1, 0.15) is 17.9 Å². The van der Waals surface area contributed by atoms with Crippen molar-refractivity contribution in [1.29, 1.82) is 0 Å². The van der Waals surface area contributed by atoms with Crippen molar-refractivity contribution < 1.29 is 29.1 Å². The number of allylic oxidation sites excluding steroid dienone is 2. The molecule has 9 nitrogen and oxygen atoms in total. The number of rotatable bonds is 10. The van der Waals surface area contributed by atoms with Crippen molar-refractivity contribution in [3.05, 3.63) is 11.6 Å². The van der Waals surface area contributed by atoms with Gasteiger partial charge < -0.3 is 20.6 Å². The number of aliphatic carboxylic acids is 1. The predicted molar refractivity (Wildman–Crippen MR) is 151 cm³/mol. The summed E-state index contributed by atoms with van der Waals surface area (Å²) in [6.45, 7) is 9.61. The molecule has 4 aliphatic rings. The first kappa shape index (κ1) is 30.3. The molecule has 9 heteroatoms. The number of carbonyl (C=O) groups is 4. The molecule has 0 bridgehead atoms. The molecule has 0 heterocycles. The number of hydrogen-bond acceptors (Lipinski definition) is 6. The SMILES string of the molecule is CCC[C@H](NC(=O)[C@H](C)NC(=O)CO/N=C1/C=C2CC[C@H]3[C@@H](CC[C@]4(C)[C@H](C(C)=O)CC[C@@H]34)[C@@]2(C)CC1)C(=O)O. The van der Waals surface area contributed by atoms with Gasteiger partial charge in [0.15, 0.2) is 6.61 Å². The summed E-state index contributed by atoms with van der Waals surface area (Å²) in [4.78, 5) is 53.7. The van der Waals surface area contributed by atoms with E-state index in [1.54, 1.807) is 6.92 Å².